The molecule has 0 bridgehead atoms. The van der Waals surface area contributed by atoms with E-state index in [9.17, 15) is 22.0 Å². The largest absolute Gasteiger partial charge is 0.322 e. The molecule has 0 fully saturated rings. The molecule has 31 heavy (non-hydrogen) atoms. The quantitative estimate of drug-likeness (QED) is 0.485. The number of carbonyl (C=O) groups excluding carboxylic acids is 1. The predicted octanol–water partition coefficient (Wildman–Crippen LogP) is 5.74. The summed E-state index contributed by atoms with van der Waals surface area (Å²) in [4.78, 5) is 12.3. The Kier molecular flexibility index (Phi) is 6.83. The first-order valence-electron chi connectivity index (χ1n) is 8.97. The Bertz CT molecular complexity index is 1220. The first-order chi connectivity index (χ1) is 14.6. The number of rotatable bonds is 6. The van der Waals surface area contributed by atoms with Crippen LogP contribution in [0.5, 0.6) is 0 Å². The highest BCUT2D eigenvalue weighted by molar-refractivity contribution is 7.93. The highest BCUT2D eigenvalue weighted by Gasteiger charge is 2.28. The molecule has 0 saturated heterocycles. The van der Waals surface area contributed by atoms with Gasteiger partial charge >= 0.3 is 0 Å². The number of amides is 1. The van der Waals surface area contributed by atoms with Crippen molar-refractivity contribution >= 4 is 50.5 Å². The van der Waals surface area contributed by atoms with Gasteiger partial charge in [0, 0.05) is 18.3 Å². The fraction of sp³-hybridized carbons (Fsp3) is 0.0952. The van der Waals surface area contributed by atoms with Gasteiger partial charge in [0.1, 0.15) is 16.5 Å². The van der Waals surface area contributed by atoms with Crippen molar-refractivity contribution < 1.29 is 22.0 Å². The second-order valence-corrected chi connectivity index (χ2v) is 9.03. The number of para-hydroxylation sites is 1. The minimum Gasteiger partial charge on any atom is -0.322 e. The van der Waals surface area contributed by atoms with Crippen LogP contribution < -0.4 is 9.62 Å². The molecule has 3 aromatic rings. The number of hydrogen-bond acceptors (Lipinski definition) is 3. The van der Waals surface area contributed by atoms with Crippen molar-refractivity contribution in [3.05, 3.63) is 87.9 Å². The molecular weight excluding hydrogens is 469 g/mol. The fourth-order valence-corrected chi connectivity index (χ4v) is 5.24. The Hall–Kier alpha value is -2.68. The number of halogens is 4. The maximum Gasteiger partial charge on any atom is 0.265 e. The van der Waals surface area contributed by atoms with E-state index >= 15 is 0 Å². The summed E-state index contributed by atoms with van der Waals surface area (Å²) in [6.07, 6.45) is 0. The highest BCUT2D eigenvalue weighted by atomic mass is 35.5. The zero-order chi connectivity index (χ0) is 22.8. The van der Waals surface area contributed by atoms with Crippen molar-refractivity contribution in [1.29, 1.82) is 0 Å². The van der Waals surface area contributed by atoms with Gasteiger partial charge in [-0.05, 0) is 43.3 Å². The third kappa shape index (κ3) is 4.98. The summed E-state index contributed by atoms with van der Waals surface area (Å²) in [7, 11) is -4.15. The Morgan fingerprint density at radius 3 is 2.16 bits per heavy atom. The van der Waals surface area contributed by atoms with Crippen LogP contribution in [-0.2, 0) is 10.0 Å². The zero-order valence-electron chi connectivity index (χ0n) is 16.1. The normalized spacial score (nSPS) is 11.3. The number of sulfonamides is 1. The molecule has 5 nitrogen and oxygen atoms in total. The number of carbonyl (C=O) groups is 1. The van der Waals surface area contributed by atoms with E-state index in [0.29, 0.717) is 11.8 Å². The van der Waals surface area contributed by atoms with E-state index in [1.807, 2.05) is 0 Å². The summed E-state index contributed by atoms with van der Waals surface area (Å²) in [5.74, 6) is -2.63. The lowest BCUT2D eigenvalue weighted by atomic mass is 10.2. The summed E-state index contributed by atoms with van der Waals surface area (Å²) in [6.45, 7) is 1.76. The molecule has 1 amide bonds. The lowest BCUT2D eigenvalue weighted by Gasteiger charge is -2.24. The Labute approximate surface area is 188 Å². The molecule has 0 saturated carbocycles. The zero-order valence-corrected chi connectivity index (χ0v) is 18.4. The number of hydrogen-bond donors (Lipinski definition) is 1. The van der Waals surface area contributed by atoms with Gasteiger partial charge in [0.25, 0.3) is 15.9 Å². The highest BCUT2D eigenvalue weighted by Crippen LogP contribution is 2.33. The summed E-state index contributed by atoms with van der Waals surface area (Å²) < 4.78 is 54.5. The topological polar surface area (TPSA) is 66.5 Å². The summed E-state index contributed by atoms with van der Waals surface area (Å²) >= 11 is 12.3. The smallest absolute Gasteiger partial charge is 0.265 e. The molecule has 0 heterocycles. The average molecular weight is 485 g/mol. The van der Waals surface area contributed by atoms with Crippen LogP contribution in [0.15, 0.2) is 65.6 Å². The van der Waals surface area contributed by atoms with Crippen LogP contribution >= 0.6 is 23.2 Å². The van der Waals surface area contributed by atoms with E-state index < -0.39 is 27.6 Å². The van der Waals surface area contributed by atoms with Crippen LogP contribution in [0.2, 0.25) is 10.0 Å². The monoisotopic (exact) mass is 484 g/mol. The first kappa shape index (κ1) is 23.0. The molecular formula is C21H16Cl2F2N2O3S. The Morgan fingerprint density at radius 1 is 0.968 bits per heavy atom. The van der Waals surface area contributed by atoms with E-state index in [1.165, 1.54) is 0 Å². The standard InChI is InChI=1S/C21H16Cl2F2N2O3S/c1-2-27(16-6-4-3-5-7-16)31(29,30)20-11-17(18(22)12-19(20)23)21(28)26-15-9-13(24)8-14(25)10-15/h3-12H,2H2,1H3,(H,26,28). The molecule has 0 spiro atoms. The fourth-order valence-electron chi connectivity index (χ4n) is 2.93. The van der Waals surface area contributed by atoms with Crippen molar-refractivity contribution in [2.75, 3.05) is 16.2 Å². The summed E-state index contributed by atoms with van der Waals surface area (Å²) in [5.41, 5.74) is 0.0353. The maximum absolute atomic E-state index is 13.4. The molecule has 10 heteroatoms. The molecule has 0 unspecified atom stereocenters. The van der Waals surface area contributed by atoms with Crippen molar-refractivity contribution in [2.45, 2.75) is 11.8 Å². The summed E-state index contributed by atoms with van der Waals surface area (Å²) in [5, 5.41) is 2.00. The Balaban J connectivity index is 2.03. The lowest BCUT2D eigenvalue weighted by molar-refractivity contribution is 0.102. The second kappa shape index (κ2) is 9.21. The van der Waals surface area contributed by atoms with Crippen molar-refractivity contribution in [1.82, 2.24) is 0 Å². The van der Waals surface area contributed by atoms with Crippen LogP contribution in [0.25, 0.3) is 0 Å². The SMILES string of the molecule is CCN(c1ccccc1)S(=O)(=O)c1cc(C(=O)Nc2cc(F)cc(F)c2)c(Cl)cc1Cl. The molecule has 0 aliphatic carbocycles. The van der Waals surface area contributed by atoms with E-state index in [2.05, 4.69) is 5.32 Å². The average Bonchev–Trinajstić information content (AvgIpc) is 2.68. The van der Waals surface area contributed by atoms with E-state index in [0.717, 1.165) is 28.6 Å². The van der Waals surface area contributed by atoms with Crippen LogP contribution in [-0.4, -0.2) is 20.9 Å². The molecule has 0 radical (unpaired) electrons. The van der Waals surface area contributed by atoms with Crippen molar-refractivity contribution in [3.63, 3.8) is 0 Å². The van der Waals surface area contributed by atoms with Gasteiger partial charge in [0.15, 0.2) is 0 Å². The summed E-state index contributed by atoms with van der Waals surface area (Å²) in [6, 6.07) is 13.0. The van der Waals surface area contributed by atoms with Crippen molar-refractivity contribution in [2.24, 2.45) is 0 Å². The second-order valence-electron chi connectivity index (χ2n) is 6.38. The maximum atomic E-state index is 13.4. The molecule has 0 atom stereocenters. The minimum absolute atomic E-state index is 0.107. The number of nitrogens with one attached hydrogen (secondary N) is 1. The van der Waals surface area contributed by atoms with E-state index in [1.54, 1.807) is 37.3 Å². The van der Waals surface area contributed by atoms with Gasteiger partial charge in [0.2, 0.25) is 0 Å². The number of benzene rings is 3. The Morgan fingerprint density at radius 2 is 1.58 bits per heavy atom. The molecule has 3 rings (SSSR count). The van der Waals surface area contributed by atoms with Gasteiger partial charge in [-0.3, -0.25) is 9.10 Å². The van der Waals surface area contributed by atoms with Crippen LogP contribution in [0.1, 0.15) is 17.3 Å². The van der Waals surface area contributed by atoms with Crippen molar-refractivity contribution in [3.8, 4) is 0 Å². The predicted molar refractivity (Wildman–Crippen MR) is 117 cm³/mol. The van der Waals surface area contributed by atoms with Gasteiger partial charge in [-0.1, -0.05) is 41.4 Å². The minimum atomic E-state index is -4.15. The third-order valence-electron chi connectivity index (χ3n) is 4.29. The molecule has 3 aromatic carbocycles. The van der Waals surface area contributed by atoms with Gasteiger partial charge in [-0.2, -0.15) is 0 Å². The lowest BCUT2D eigenvalue weighted by Crippen LogP contribution is -2.31. The van der Waals surface area contributed by atoms with Crippen LogP contribution in [0.4, 0.5) is 20.2 Å². The van der Waals surface area contributed by atoms with Gasteiger partial charge < -0.3 is 5.32 Å². The van der Waals surface area contributed by atoms with Gasteiger partial charge in [-0.25, -0.2) is 17.2 Å². The first-order valence-corrected chi connectivity index (χ1v) is 11.2. The van der Waals surface area contributed by atoms with Crippen LogP contribution in [0, 0.1) is 11.6 Å². The molecule has 0 aliphatic rings. The third-order valence-corrected chi connectivity index (χ3v) is 6.97. The molecule has 162 valence electrons. The van der Waals surface area contributed by atoms with E-state index in [4.69, 9.17) is 23.2 Å². The molecule has 0 aromatic heterocycles. The molecule has 0 aliphatic heterocycles. The van der Waals surface area contributed by atoms with E-state index in [-0.39, 0.29) is 32.7 Å². The van der Waals surface area contributed by atoms with Gasteiger partial charge in [0.05, 0.1) is 21.3 Å². The molecule has 1 N–H and O–H groups in total. The number of nitrogens with zero attached hydrogens (tertiary/aromatic N) is 1. The van der Waals surface area contributed by atoms with Crippen LogP contribution in [0.3, 0.4) is 0 Å². The number of anilines is 2. The van der Waals surface area contributed by atoms with Gasteiger partial charge in [-0.15, -0.1) is 0 Å².